The molecule has 2 aliphatic heterocycles. The number of aliphatic carboxylic acids is 1. The highest BCUT2D eigenvalue weighted by Gasteiger charge is 2.50. The molecule has 0 aromatic heterocycles. The van der Waals surface area contributed by atoms with Gasteiger partial charge in [0, 0.05) is 23.6 Å². The molecule has 278 valence electrons. The molecule has 0 aliphatic carbocycles. The van der Waals surface area contributed by atoms with Crippen molar-refractivity contribution in [1.29, 1.82) is 0 Å². The molecule has 1 N–H and O–H groups in total. The predicted molar refractivity (Wildman–Crippen MR) is 231 cm³/mol. The van der Waals surface area contributed by atoms with Gasteiger partial charge in [-0.05, 0) is 96.6 Å². The van der Waals surface area contributed by atoms with Gasteiger partial charge in [-0.1, -0.05) is 114 Å². The summed E-state index contributed by atoms with van der Waals surface area (Å²) in [6.07, 6.45) is 1.79. The Bertz CT molecular complexity index is 2240. The standard InChI is InChI=1S/C45H41N3O4S3/c1-4-46-43(52)41(55-45(46)53)44-47(28-39(49)50)42(51)38(54-44)27-31-17-19-34(20-18-31)40(33-11-7-5-8-12-33)30(3)32-21-25-37(26-22-32)48(35-13-9-6-10-14-35)36-23-15-29(2)16-24-36/h5-27,41,44-45,53H,4,28H2,1-3H3,(H,49,50)/b38-27+,40-30+. The number of rotatable bonds is 11. The first kappa shape index (κ1) is 38.1. The molecule has 2 aliphatic rings. The van der Waals surface area contributed by atoms with Crippen LogP contribution in [0.15, 0.2) is 138 Å². The van der Waals surface area contributed by atoms with Gasteiger partial charge in [0.15, 0.2) is 0 Å². The number of amides is 2. The Balaban J connectivity index is 1.20. The van der Waals surface area contributed by atoms with Crippen LogP contribution in [0.5, 0.6) is 0 Å². The molecule has 7 rings (SSSR count). The van der Waals surface area contributed by atoms with E-state index in [1.54, 1.807) is 11.0 Å². The molecule has 0 bridgehead atoms. The van der Waals surface area contributed by atoms with E-state index >= 15 is 0 Å². The highest BCUT2D eigenvalue weighted by molar-refractivity contribution is 8.13. The minimum Gasteiger partial charge on any atom is -0.480 e. The van der Waals surface area contributed by atoms with Gasteiger partial charge in [0.1, 0.15) is 21.9 Å². The average molecular weight is 784 g/mol. The molecule has 5 aromatic carbocycles. The fourth-order valence-corrected chi connectivity index (χ4v) is 10.4. The lowest BCUT2D eigenvalue weighted by Crippen LogP contribution is -2.45. The zero-order valence-electron chi connectivity index (χ0n) is 30.7. The molecule has 2 saturated heterocycles. The topological polar surface area (TPSA) is 81.2 Å². The Hall–Kier alpha value is -5.16. The SMILES string of the molecule is CCN1C(=O)C(C2S/C(=C/c3ccc(/C(=C(\C)c4ccc(N(c5ccccc5)c5ccc(C)cc5)cc4)c4ccccc4)cc3)C(=O)N2CC(=O)O)SC1S. The number of benzene rings is 5. The Morgan fingerprint density at radius 2 is 1.31 bits per heavy atom. The molecular weight excluding hydrogens is 743 g/mol. The van der Waals surface area contributed by atoms with Gasteiger partial charge in [0.05, 0.1) is 4.91 Å². The van der Waals surface area contributed by atoms with E-state index < -0.39 is 29.0 Å². The largest absolute Gasteiger partial charge is 0.480 e. The Morgan fingerprint density at radius 1 is 0.764 bits per heavy atom. The summed E-state index contributed by atoms with van der Waals surface area (Å²) in [5.41, 5.74) is 10.6. The molecule has 10 heteroatoms. The molecule has 7 nitrogen and oxygen atoms in total. The van der Waals surface area contributed by atoms with Crippen molar-refractivity contribution in [2.75, 3.05) is 18.0 Å². The van der Waals surface area contributed by atoms with Crippen molar-refractivity contribution in [3.63, 3.8) is 0 Å². The maximum Gasteiger partial charge on any atom is 0.323 e. The van der Waals surface area contributed by atoms with Crippen LogP contribution in [0.4, 0.5) is 17.1 Å². The molecule has 0 spiro atoms. The summed E-state index contributed by atoms with van der Waals surface area (Å²) in [4.78, 5) is 44.2. The van der Waals surface area contributed by atoms with Crippen molar-refractivity contribution in [2.24, 2.45) is 0 Å². The van der Waals surface area contributed by atoms with Crippen LogP contribution in [0.1, 0.15) is 41.7 Å². The van der Waals surface area contributed by atoms with Crippen molar-refractivity contribution < 1.29 is 19.5 Å². The maximum atomic E-state index is 13.6. The minimum atomic E-state index is -1.13. The molecule has 3 unspecified atom stereocenters. The molecular formula is C45H41N3O4S3. The van der Waals surface area contributed by atoms with Gasteiger partial charge in [0.25, 0.3) is 5.91 Å². The number of carboxylic acid groups (broad SMARTS) is 1. The summed E-state index contributed by atoms with van der Waals surface area (Å²) < 4.78 is -0.346. The van der Waals surface area contributed by atoms with Gasteiger partial charge in [-0.25, -0.2) is 0 Å². The highest BCUT2D eigenvalue weighted by atomic mass is 32.2. The number of nitrogens with zero attached hydrogens (tertiary/aromatic N) is 3. The summed E-state index contributed by atoms with van der Waals surface area (Å²) in [5.74, 6) is -1.65. The second-order valence-electron chi connectivity index (χ2n) is 13.4. The van der Waals surface area contributed by atoms with Crippen LogP contribution in [0, 0.1) is 6.92 Å². The molecule has 5 aromatic rings. The van der Waals surface area contributed by atoms with E-state index in [4.69, 9.17) is 0 Å². The van der Waals surface area contributed by atoms with Gasteiger partial charge < -0.3 is 19.8 Å². The number of anilines is 3. The van der Waals surface area contributed by atoms with Crippen molar-refractivity contribution in [3.05, 3.63) is 166 Å². The number of aryl methyl sites for hydroxylation is 1. The lowest BCUT2D eigenvalue weighted by molar-refractivity contribution is -0.143. The van der Waals surface area contributed by atoms with Crippen LogP contribution >= 0.6 is 36.2 Å². The zero-order valence-corrected chi connectivity index (χ0v) is 33.2. The summed E-state index contributed by atoms with van der Waals surface area (Å²) in [6, 6.07) is 45.9. The number of thioether (sulfide) groups is 2. The monoisotopic (exact) mass is 783 g/mol. The van der Waals surface area contributed by atoms with E-state index in [0.29, 0.717) is 11.4 Å². The average Bonchev–Trinajstić information content (AvgIpc) is 3.66. The second kappa shape index (κ2) is 16.7. The van der Waals surface area contributed by atoms with E-state index in [1.807, 2.05) is 43.3 Å². The number of allylic oxidation sites excluding steroid dienone is 1. The minimum absolute atomic E-state index is 0.135. The number of hydrogen-bond acceptors (Lipinski definition) is 7. The molecule has 3 atom stereocenters. The Labute approximate surface area is 336 Å². The molecule has 0 radical (unpaired) electrons. The number of carboxylic acids is 1. The number of para-hydroxylation sites is 1. The predicted octanol–water partition coefficient (Wildman–Crippen LogP) is 9.95. The number of thiol groups is 1. The normalized spacial score (nSPS) is 19.6. The van der Waals surface area contributed by atoms with Crippen molar-refractivity contribution in [2.45, 2.75) is 36.1 Å². The van der Waals surface area contributed by atoms with E-state index in [9.17, 15) is 19.5 Å². The Kier molecular flexibility index (Phi) is 11.6. The molecule has 2 heterocycles. The van der Waals surface area contributed by atoms with Crippen LogP contribution in [-0.4, -0.2) is 61.1 Å². The van der Waals surface area contributed by atoms with Crippen LogP contribution in [0.2, 0.25) is 0 Å². The first-order chi connectivity index (χ1) is 26.6. The fourth-order valence-electron chi connectivity index (χ4n) is 6.99. The van der Waals surface area contributed by atoms with E-state index in [0.717, 1.165) is 50.5 Å². The van der Waals surface area contributed by atoms with Crippen LogP contribution in [-0.2, 0) is 14.4 Å². The van der Waals surface area contributed by atoms with Crippen molar-refractivity contribution in [3.8, 4) is 0 Å². The highest BCUT2D eigenvalue weighted by Crippen LogP contribution is 2.46. The summed E-state index contributed by atoms with van der Waals surface area (Å²) in [7, 11) is 0. The first-order valence-electron chi connectivity index (χ1n) is 18.1. The first-order valence-corrected chi connectivity index (χ1v) is 20.4. The van der Waals surface area contributed by atoms with Crippen LogP contribution < -0.4 is 4.90 Å². The zero-order chi connectivity index (χ0) is 38.6. The van der Waals surface area contributed by atoms with Crippen molar-refractivity contribution >= 4 is 88.2 Å². The third kappa shape index (κ3) is 8.12. The van der Waals surface area contributed by atoms with E-state index in [-0.39, 0.29) is 10.6 Å². The summed E-state index contributed by atoms with van der Waals surface area (Å²) in [6.45, 7) is 6.12. The summed E-state index contributed by atoms with van der Waals surface area (Å²) in [5, 5.41) is 8.39. The number of carbonyl (C=O) groups is 3. The lowest BCUT2D eigenvalue weighted by Gasteiger charge is -2.26. The van der Waals surface area contributed by atoms with Gasteiger partial charge in [-0.3, -0.25) is 14.4 Å². The smallest absolute Gasteiger partial charge is 0.323 e. The van der Waals surface area contributed by atoms with Gasteiger partial charge >= 0.3 is 5.97 Å². The second-order valence-corrected chi connectivity index (χ2v) is 16.6. The summed E-state index contributed by atoms with van der Waals surface area (Å²) >= 11 is 7.15. The fraction of sp³-hybridized carbons (Fsp3) is 0.178. The molecule has 0 saturated carbocycles. The third-order valence-electron chi connectivity index (χ3n) is 9.79. The molecule has 2 amide bonds. The Morgan fingerprint density at radius 3 is 1.89 bits per heavy atom. The lowest BCUT2D eigenvalue weighted by atomic mass is 9.90. The molecule has 55 heavy (non-hydrogen) atoms. The van der Waals surface area contributed by atoms with Gasteiger partial charge in [-0.2, -0.15) is 0 Å². The van der Waals surface area contributed by atoms with Crippen LogP contribution in [0.3, 0.4) is 0 Å². The number of carbonyl (C=O) groups excluding carboxylic acids is 2. The molecule has 2 fully saturated rings. The van der Waals surface area contributed by atoms with E-state index in [2.05, 4.69) is 128 Å². The quantitative estimate of drug-likeness (QED) is 0.0785. The van der Waals surface area contributed by atoms with E-state index in [1.165, 1.54) is 34.0 Å². The van der Waals surface area contributed by atoms with Crippen molar-refractivity contribution in [1.82, 2.24) is 9.80 Å². The third-order valence-corrected chi connectivity index (χ3v) is 13.2. The van der Waals surface area contributed by atoms with Gasteiger partial charge in [-0.15, -0.1) is 24.4 Å². The van der Waals surface area contributed by atoms with Crippen LogP contribution in [0.25, 0.3) is 17.2 Å². The number of hydrogen-bond donors (Lipinski definition) is 2. The van der Waals surface area contributed by atoms with Gasteiger partial charge in [0.2, 0.25) is 5.91 Å². The maximum absolute atomic E-state index is 13.6.